The van der Waals surface area contributed by atoms with Crippen molar-refractivity contribution in [1.29, 1.82) is 0 Å². The molecule has 6 heteroatoms. The maximum Gasteiger partial charge on any atom is 0.319 e. The molecule has 1 saturated heterocycles. The number of carbonyl (C=O) groups is 1. The average molecular weight is 309 g/mol. The van der Waals surface area contributed by atoms with Gasteiger partial charge < -0.3 is 15.4 Å². The molecule has 2 amide bonds. The number of rotatable bonds is 5. The maximum absolute atomic E-state index is 13.4. The van der Waals surface area contributed by atoms with Crippen LogP contribution in [0.2, 0.25) is 0 Å². The van der Waals surface area contributed by atoms with E-state index in [4.69, 9.17) is 4.74 Å². The Morgan fingerprint density at radius 1 is 1.45 bits per heavy atom. The minimum Gasteiger partial charge on any atom is -0.374 e. The van der Waals surface area contributed by atoms with Crippen molar-refractivity contribution in [1.82, 2.24) is 10.2 Å². The zero-order valence-corrected chi connectivity index (χ0v) is 13.1. The summed E-state index contributed by atoms with van der Waals surface area (Å²) >= 11 is 0. The molecule has 1 aromatic rings. The minimum absolute atomic E-state index is 0.0288. The molecule has 0 spiro atoms. The maximum atomic E-state index is 13.4. The van der Waals surface area contributed by atoms with Crippen molar-refractivity contribution in [3.05, 3.63) is 30.1 Å². The molecule has 0 unspecified atom stereocenters. The molecule has 1 aromatic carbocycles. The van der Waals surface area contributed by atoms with E-state index in [1.165, 1.54) is 12.1 Å². The van der Waals surface area contributed by atoms with E-state index in [9.17, 15) is 9.18 Å². The number of benzene rings is 1. The lowest BCUT2D eigenvalue weighted by atomic mass is 10.2. The fourth-order valence-electron chi connectivity index (χ4n) is 2.52. The number of para-hydroxylation sites is 1. The van der Waals surface area contributed by atoms with Crippen molar-refractivity contribution in [2.45, 2.75) is 20.0 Å². The quantitative estimate of drug-likeness (QED) is 0.877. The molecule has 0 bridgehead atoms. The van der Waals surface area contributed by atoms with Crippen LogP contribution in [-0.4, -0.2) is 49.8 Å². The fourth-order valence-corrected chi connectivity index (χ4v) is 2.52. The highest BCUT2D eigenvalue weighted by atomic mass is 19.1. The van der Waals surface area contributed by atoms with Gasteiger partial charge in [0.2, 0.25) is 0 Å². The number of amides is 2. The van der Waals surface area contributed by atoms with Crippen molar-refractivity contribution in [3.63, 3.8) is 0 Å². The van der Waals surface area contributed by atoms with Crippen LogP contribution in [0.4, 0.5) is 14.9 Å². The van der Waals surface area contributed by atoms with Crippen LogP contribution in [0, 0.1) is 11.7 Å². The van der Waals surface area contributed by atoms with E-state index in [1.54, 1.807) is 12.1 Å². The molecule has 0 aliphatic carbocycles. The fraction of sp³-hybridized carbons (Fsp3) is 0.562. The van der Waals surface area contributed by atoms with Crippen LogP contribution >= 0.6 is 0 Å². The van der Waals surface area contributed by atoms with Gasteiger partial charge in [-0.1, -0.05) is 26.0 Å². The van der Waals surface area contributed by atoms with Crippen molar-refractivity contribution in [2.24, 2.45) is 5.92 Å². The number of carbonyl (C=O) groups excluding carboxylic acids is 1. The number of urea groups is 1. The van der Waals surface area contributed by atoms with Crippen LogP contribution in [0.25, 0.3) is 0 Å². The Labute approximate surface area is 130 Å². The summed E-state index contributed by atoms with van der Waals surface area (Å²) in [5, 5.41) is 5.23. The highest BCUT2D eigenvalue weighted by Crippen LogP contribution is 2.12. The molecule has 22 heavy (non-hydrogen) atoms. The second-order valence-corrected chi connectivity index (χ2v) is 5.96. The number of nitrogens with one attached hydrogen (secondary N) is 2. The van der Waals surface area contributed by atoms with Crippen LogP contribution in [0.15, 0.2) is 24.3 Å². The molecule has 5 nitrogen and oxygen atoms in total. The molecule has 122 valence electrons. The third-order valence-electron chi connectivity index (χ3n) is 3.46. The average Bonchev–Trinajstić information content (AvgIpc) is 2.47. The molecule has 0 radical (unpaired) electrons. The van der Waals surface area contributed by atoms with Crippen LogP contribution < -0.4 is 10.6 Å². The number of nitrogens with zero attached hydrogens (tertiary/aromatic N) is 1. The number of hydrogen-bond acceptors (Lipinski definition) is 3. The number of anilines is 1. The molecule has 2 N–H and O–H groups in total. The van der Waals surface area contributed by atoms with Gasteiger partial charge in [0.15, 0.2) is 0 Å². The minimum atomic E-state index is -0.449. The summed E-state index contributed by atoms with van der Waals surface area (Å²) in [6.07, 6.45) is -0.0288. The van der Waals surface area contributed by atoms with E-state index >= 15 is 0 Å². The zero-order chi connectivity index (χ0) is 15.9. The second kappa shape index (κ2) is 8.10. The Hall–Kier alpha value is -1.66. The smallest absolute Gasteiger partial charge is 0.319 e. The standard InChI is InChI=1S/C16H24FN3O2/c1-12(2)10-20-7-8-22-13(11-20)9-18-16(21)19-15-6-4-3-5-14(15)17/h3-6,12-13H,7-11H2,1-2H3,(H2,18,19,21)/t13-/m0/s1. The Balaban J connectivity index is 1.75. The Kier molecular flexibility index (Phi) is 6.15. The van der Waals surface area contributed by atoms with Crippen molar-refractivity contribution in [2.75, 3.05) is 38.1 Å². The summed E-state index contributed by atoms with van der Waals surface area (Å²) in [4.78, 5) is 14.2. The first-order valence-electron chi connectivity index (χ1n) is 7.68. The molecular weight excluding hydrogens is 285 g/mol. The van der Waals surface area contributed by atoms with Gasteiger partial charge in [-0.3, -0.25) is 4.90 Å². The van der Waals surface area contributed by atoms with Crippen LogP contribution in [-0.2, 0) is 4.74 Å². The topological polar surface area (TPSA) is 53.6 Å². The van der Waals surface area contributed by atoms with Gasteiger partial charge in [0, 0.05) is 26.2 Å². The number of hydrogen-bond donors (Lipinski definition) is 2. The number of halogens is 1. The molecule has 0 aromatic heterocycles. The molecule has 0 saturated carbocycles. The molecule has 1 heterocycles. The van der Waals surface area contributed by atoms with Gasteiger partial charge in [0.25, 0.3) is 0 Å². The largest absolute Gasteiger partial charge is 0.374 e. The predicted octanol–water partition coefficient (Wildman–Crippen LogP) is 2.30. The van der Waals surface area contributed by atoms with Crippen molar-refractivity contribution < 1.29 is 13.9 Å². The number of ether oxygens (including phenoxy) is 1. The summed E-state index contributed by atoms with van der Waals surface area (Å²) in [6, 6.07) is 5.67. The van der Waals surface area contributed by atoms with E-state index in [0.29, 0.717) is 19.1 Å². The third-order valence-corrected chi connectivity index (χ3v) is 3.46. The van der Waals surface area contributed by atoms with E-state index in [1.807, 2.05) is 0 Å². The first kappa shape index (κ1) is 16.7. The molecule has 1 aliphatic heterocycles. The first-order chi connectivity index (χ1) is 10.5. The highest BCUT2D eigenvalue weighted by Gasteiger charge is 2.21. The Bertz CT molecular complexity index is 496. The van der Waals surface area contributed by atoms with Crippen LogP contribution in [0.3, 0.4) is 0 Å². The van der Waals surface area contributed by atoms with Gasteiger partial charge in [-0.15, -0.1) is 0 Å². The van der Waals surface area contributed by atoms with E-state index in [0.717, 1.165) is 19.6 Å². The third kappa shape index (κ3) is 5.27. The Morgan fingerprint density at radius 2 is 2.23 bits per heavy atom. The molecule has 1 aliphatic rings. The van der Waals surface area contributed by atoms with E-state index < -0.39 is 11.8 Å². The predicted molar refractivity (Wildman–Crippen MR) is 84.4 cm³/mol. The van der Waals surface area contributed by atoms with Crippen molar-refractivity contribution >= 4 is 11.7 Å². The van der Waals surface area contributed by atoms with Gasteiger partial charge in [-0.05, 0) is 18.1 Å². The summed E-state index contributed by atoms with van der Waals surface area (Å²) in [7, 11) is 0. The van der Waals surface area contributed by atoms with Crippen LogP contribution in [0.5, 0.6) is 0 Å². The Morgan fingerprint density at radius 3 is 2.95 bits per heavy atom. The van der Waals surface area contributed by atoms with Gasteiger partial charge in [0.05, 0.1) is 18.4 Å². The summed E-state index contributed by atoms with van der Waals surface area (Å²) in [5.74, 6) is 0.158. The van der Waals surface area contributed by atoms with Gasteiger partial charge in [-0.25, -0.2) is 9.18 Å². The van der Waals surface area contributed by atoms with Gasteiger partial charge in [0.1, 0.15) is 5.82 Å². The first-order valence-corrected chi connectivity index (χ1v) is 7.68. The lowest BCUT2D eigenvalue weighted by Gasteiger charge is -2.33. The van der Waals surface area contributed by atoms with Gasteiger partial charge >= 0.3 is 6.03 Å². The van der Waals surface area contributed by atoms with Crippen LogP contribution in [0.1, 0.15) is 13.8 Å². The zero-order valence-electron chi connectivity index (χ0n) is 13.1. The SMILES string of the molecule is CC(C)CN1CCO[C@@H](CNC(=O)Nc2ccccc2F)C1. The summed E-state index contributed by atoms with van der Waals surface area (Å²) in [5.41, 5.74) is 0.172. The van der Waals surface area contributed by atoms with E-state index in [2.05, 4.69) is 29.4 Å². The van der Waals surface area contributed by atoms with E-state index in [-0.39, 0.29) is 11.8 Å². The molecule has 1 atom stereocenters. The normalized spacial score (nSPS) is 19.2. The molecular formula is C16H24FN3O2. The highest BCUT2D eigenvalue weighted by molar-refractivity contribution is 5.89. The van der Waals surface area contributed by atoms with Gasteiger partial charge in [-0.2, -0.15) is 0 Å². The van der Waals surface area contributed by atoms with Crippen molar-refractivity contribution in [3.8, 4) is 0 Å². The summed E-state index contributed by atoms with van der Waals surface area (Å²) < 4.78 is 19.1. The second-order valence-electron chi connectivity index (χ2n) is 5.96. The lowest BCUT2D eigenvalue weighted by Crippen LogP contribution is -2.48. The lowest BCUT2D eigenvalue weighted by molar-refractivity contribution is -0.0288. The molecule has 1 fully saturated rings. The summed E-state index contributed by atoms with van der Waals surface area (Å²) in [6.45, 7) is 8.22. The number of morpholine rings is 1. The molecule has 2 rings (SSSR count). The monoisotopic (exact) mass is 309 g/mol.